The SMILES string of the molecule is C.CC.CC.CC(C)(C)C.c1ccccc1.c1ccccc1.c1ccccc1. The highest BCUT2D eigenvalue weighted by Crippen LogP contribution is 2.08. The fourth-order valence-electron chi connectivity index (χ4n) is 1.15. The molecule has 0 N–H and O–H groups in total. The first kappa shape index (κ1) is 33.3. The topological polar surface area (TPSA) is 0 Å². The van der Waals surface area contributed by atoms with Gasteiger partial charge in [0.2, 0.25) is 0 Å². The minimum Gasteiger partial charge on any atom is -0.0776 e. The van der Waals surface area contributed by atoms with E-state index in [9.17, 15) is 0 Å². The molecule has 0 saturated carbocycles. The normalized spacial score (nSPS) is 7.71. The van der Waals surface area contributed by atoms with Gasteiger partial charge in [0.15, 0.2) is 0 Å². The molecule has 0 amide bonds. The zero-order valence-electron chi connectivity index (χ0n) is 18.9. The van der Waals surface area contributed by atoms with Gasteiger partial charge in [-0.1, -0.05) is 172 Å². The van der Waals surface area contributed by atoms with Gasteiger partial charge in [-0.25, -0.2) is 0 Å². The van der Waals surface area contributed by atoms with Crippen LogP contribution >= 0.6 is 0 Å². The average Bonchev–Trinajstić information content (AvgIpc) is 2.75. The molecule has 0 heterocycles. The van der Waals surface area contributed by atoms with Gasteiger partial charge in [-0.05, 0) is 5.41 Å². The Hall–Kier alpha value is -2.34. The maximum atomic E-state index is 2.19. The molecular weight excluding hydrogens is 336 g/mol. The van der Waals surface area contributed by atoms with E-state index < -0.39 is 0 Å². The molecule has 0 unspecified atom stereocenters. The molecule has 0 aromatic heterocycles. The quantitative estimate of drug-likeness (QED) is 0.363. The predicted molar refractivity (Wildman–Crippen MR) is 134 cm³/mol. The Bertz CT molecular complexity index is 360. The fourth-order valence-corrected chi connectivity index (χ4v) is 1.15. The van der Waals surface area contributed by atoms with Gasteiger partial charge in [-0.2, -0.15) is 0 Å². The summed E-state index contributed by atoms with van der Waals surface area (Å²) in [6, 6.07) is 36.0. The van der Waals surface area contributed by atoms with E-state index >= 15 is 0 Å². The summed E-state index contributed by atoms with van der Waals surface area (Å²) >= 11 is 0. The van der Waals surface area contributed by atoms with Crippen molar-refractivity contribution in [3.63, 3.8) is 0 Å². The standard InChI is InChI=1S/3C6H6.C5H12.2C2H6.CH4/c3*1-2-4-6-5-3-1;1-5(2,3)4;2*1-2;/h3*1-6H;1-4H3;2*1-2H3;1H4. The third kappa shape index (κ3) is 49.5. The van der Waals surface area contributed by atoms with Crippen LogP contribution in [0.15, 0.2) is 109 Å². The molecular formula is C28H46. The molecule has 0 bridgehead atoms. The van der Waals surface area contributed by atoms with Gasteiger partial charge in [0.05, 0.1) is 0 Å². The molecule has 0 heteroatoms. The predicted octanol–water partition coefficient (Wildman–Crippen LogP) is 9.80. The van der Waals surface area contributed by atoms with Crippen molar-refractivity contribution < 1.29 is 0 Å². The molecule has 3 aromatic rings. The fraction of sp³-hybridized carbons (Fsp3) is 0.357. The number of rotatable bonds is 0. The molecule has 0 saturated heterocycles. The van der Waals surface area contributed by atoms with Crippen molar-refractivity contribution in [1.29, 1.82) is 0 Å². The first-order chi connectivity index (χ1) is 13.0. The number of hydrogen-bond donors (Lipinski definition) is 0. The summed E-state index contributed by atoms with van der Waals surface area (Å²) < 4.78 is 0. The van der Waals surface area contributed by atoms with E-state index in [1.807, 2.05) is 137 Å². The van der Waals surface area contributed by atoms with Crippen LogP contribution in [0.4, 0.5) is 0 Å². The second kappa shape index (κ2) is 29.4. The average molecular weight is 383 g/mol. The van der Waals surface area contributed by atoms with Crippen molar-refractivity contribution in [1.82, 2.24) is 0 Å². The lowest BCUT2D eigenvalue weighted by Gasteiger charge is -2.05. The highest BCUT2D eigenvalue weighted by molar-refractivity contribution is 5.00. The molecule has 0 aliphatic carbocycles. The van der Waals surface area contributed by atoms with Crippen LogP contribution in [0.2, 0.25) is 0 Å². The summed E-state index contributed by atoms with van der Waals surface area (Å²) in [7, 11) is 0. The number of benzene rings is 3. The lowest BCUT2D eigenvalue weighted by Crippen LogP contribution is -1.93. The van der Waals surface area contributed by atoms with Gasteiger partial charge in [-0.3, -0.25) is 0 Å². The molecule has 28 heavy (non-hydrogen) atoms. The Labute approximate surface area is 177 Å². The van der Waals surface area contributed by atoms with Gasteiger partial charge < -0.3 is 0 Å². The summed E-state index contributed by atoms with van der Waals surface area (Å²) in [5, 5.41) is 0. The molecule has 158 valence electrons. The van der Waals surface area contributed by atoms with E-state index in [2.05, 4.69) is 27.7 Å². The summed E-state index contributed by atoms with van der Waals surface area (Å²) in [5.74, 6) is 0. The van der Waals surface area contributed by atoms with Crippen LogP contribution in [0.1, 0.15) is 62.8 Å². The van der Waals surface area contributed by atoms with E-state index in [1.165, 1.54) is 0 Å². The largest absolute Gasteiger partial charge is 0.0776 e. The Morgan fingerprint density at radius 1 is 0.286 bits per heavy atom. The van der Waals surface area contributed by atoms with E-state index in [1.54, 1.807) is 0 Å². The van der Waals surface area contributed by atoms with Crippen LogP contribution in [0.3, 0.4) is 0 Å². The van der Waals surface area contributed by atoms with E-state index in [0.29, 0.717) is 5.41 Å². The van der Waals surface area contributed by atoms with Crippen molar-refractivity contribution in [3.05, 3.63) is 109 Å². The lowest BCUT2D eigenvalue weighted by molar-refractivity contribution is 0.469. The lowest BCUT2D eigenvalue weighted by atomic mass is 10.0. The maximum Gasteiger partial charge on any atom is -0.0411 e. The van der Waals surface area contributed by atoms with Crippen LogP contribution in [-0.2, 0) is 0 Å². The summed E-state index contributed by atoms with van der Waals surface area (Å²) in [6.45, 7) is 16.8. The molecule has 0 spiro atoms. The molecule has 0 atom stereocenters. The van der Waals surface area contributed by atoms with Crippen molar-refractivity contribution in [2.45, 2.75) is 62.8 Å². The zero-order valence-corrected chi connectivity index (χ0v) is 18.9. The van der Waals surface area contributed by atoms with Gasteiger partial charge in [-0.15, -0.1) is 0 Å². The van der Waals surface area contributed by atoms with E-state index in [-0.39, 0.29) is 7.43 Å². The van der Waals surface area contributed by atoms with Gasteiger partial charge in [0.1, 0.15) is 0 Å². The van der Waals surface area contributed by atoms with Gasteiger partial charge >= 0.3 is 0 Å². The summed E-state index contributed by atoms with van der Waals surface area (Å²) in [4.78, 5) is 0. The van der Waals surface area contributed by atoms with Crippen molar-refractivity contribution in [2.24, 2.45) is 5.41 Å². The van der Waals surface area contributed by atoms with Crippen molar-refractivity contribution in [2.75, 3.05) is 0 Å². The Balaban J connectivity index is -0.000000128. The molecule has 0 fully saturated rings. The highest BCUT2D eigenvalue weighted by atomic mass is 14.0. The Morgan fingerprint density at radius 3 is 0.357 bits per heavy atom. The molecule has 0 radical (unpaired) electrons. The van der Waals surface area contributed by atoms with E-state index in [4.69, 9.17) is 0 Å². The van der Waals surface area contributed by atoms with Crippen molar-refractivity contribution >= 4 is 0 Å². The van der Waals surface area contributed by atoms with Crippen LogP contribution in [0.25, 0.3) is 0 Å². The second-order valence-electron chi connectivity index (χ2n) is 6.46. The Morgan fingerprint density at radius 2 is 0.321 bits per heavy atom. The summed E-state index contributed by atoms with van der Waals surface area (Å²) in [5.41, 5.74) is 0.500. The van der Waals surface area contributed by atoms with E-state index in [0.717, 1.165) is 0 Å². The maximum absolute atomic E-state index is 2.19. The molecule has 3 aromatic carbocycles. The molecule has 3 rings (SSSR count). The highest BCUT2D eigenvalue weighted by Gasteiger charge is 1.95. The second-order valence-corrected chi connectivity index (χ2v) is 6.46. The number of hydrogen-bond acceptors (Lipinski definition) is 0. The minimum atomic E-state index is 0. The smallest absolute Gasteiger partial charge is 0.0411 e. The van der Waals surface area contributed by atoms with Crippen LogP contribution in [0, 0.1) is 5.41 Å². The Kier molecular flexibility index (Phi) is 35.0. The minimum absolute atomic E-state index is 0. The zero-order chi connectivity index (χ0) is 21.2. The van der Waals surface area contributed by atoms with Crippen LogP contribution < -0.4 is 0 Å². The first-order valence-electron chi connectivity index (χ1n) is 10.0. The molecule has 0 aliphatic rings. The van der Waals surface area contributed by atoms with Crippen LogP contribution in [-0.4, -0.2) is 0 Å². The monoisotopic (exact) mass is 382 g/mol. The van der Waals surface area contributed by atoms with Gasteiger partial charge in [0, 0.05) is 0 Å². The molecule has 0 nitrogen and oxygen atoms in total. The van der Waals surface area contributed by atoms with Gasteiger partial charge in [0.25, 0.3) is 0 Å². The first-order valence-corrected chi connectivity index (χ1v) is 10.0. The van der Waals surface area contributed by atoms with Crippen LogP contribution in [0.5, 0.6) is 0 Å². The third-order valence-electron chi connectivity index (χ3n) is 2.00. The molecule has 0 aliphatic heterocycles. The third-order valence-corrected chi connectivity index (χ3v) is 2.00. The van der Waals surface area contributed by atoms with Crippen molar-refractivity contribution in [3.8, 4) is 0 Å². The summed E-state index contributed by atoms with van der Waals surface area (Å²) in [6.07, 6.45) is 0.